The zero-order valence-electron chi connectivity index (χ0n) is 13.1. The Morgan fingerprint density at radius 3 is 3.00 bits per heavy atom. The molecule has 3 aromatic rings. The summed E-state index contributed by atoms with van der Waals surface area (Å²) >= 11 is 3.04. The molecule has 0 bridgehead atoms. The van der Waals surface area contributed by atoms with Crippen LogP contribution in [0.25, 0.3) is 16.3 Å². The lowest BCUT2D eigenvalue weighted by molar-refractivity contribution is -0.113. The molecule has 0 aliphatic heterocycles. The summed E-state index contributed by atoms with van der Waals surface area (Å²) in [5.41, 5.74) is 1.01. The van der Waals surface area contributed by atoms with Crippen LogP contribution in [0.1, 0.15) is 4.88 Å². The van der Waals surface area contributed by atoms with Crippen LogP contribution in [0.5, 0.6) is 5.75 Å². The van der Waals surface area contributed by atoms with E-state index in [2.05, 4.69) is 11.6 Å². The fraction of sp³-hybridized carbons (Fsp3) is 0.111. The summed E-state index contributed by atoms with van der Waals surface area (Å²) in [6.07, 6.45) is 5.07. The maximum absolute atomic E-state index is 12.2. The Morgan fingerprint density at radius 1 is 1.42 bits per heavy atom. The summed E-state index contributed by atoms with van der Waals surface area (Å²) in [5, 5.41) is 1.97. The van der Waals surface area contributed by atoms with Gasteiger partial charge >= 0.3 is 0 Å². The van der Waals surface area contributed by atoms with Gasteiger partial charge in [0.1, 0.15) is 5.75 Å². The molecule has 3 rings (SSSR count). The molecule has 1 amide bonds. The van der Waals surface area contributed by atoms with Crippen LogP contribution in [0, 0.1) is 0 Å². The van der Waals surface area contributed by atoms with E-state index in [0.29, 0.717) is 11.3 Å². The lowest BCUT2D eigenvalue weighted by Gasteiger charge is -2.02. The molecule has 0 aliphatic carbocycles. The summed E-state index contributed by atoms with van der Waals surface area (Å²) in [5.74, 6) is 0.504. The number of aromatic nitrogens is 1. The van der Waals surface area contributed by atoms with Crippen LogP contribution in [0.2, 0.25) is 0 Å². The summed E-state index contributed by atoms with van der Waals surface area (Å²) < 4.78 is 8.26. The van der Waals surface area contributed by atoms with Crippen LogP contribution in [0.15, 0.2) is 59.4 Å². The standard InChI is InChI=1S/C18H16N2O2S2/c1-3-10-20-15-8-6-13(22-2)12-16(15)24-18(20)19-17(21)9-7-14-5-4-11-23-14/h3-9,11-12H,1,10H2,2H3. The molecule has 0 N–H and O–H groups in total. The molecule has 0 saturated heterocycles. The van der Waals surface area contributed by atoms with Crippen molar-refractivity contribution in [3.8, 4) is 5.75 Å². The van der Waals surface area contributed by atoms with Gasteiger partial charge in [0, 0.05) is 17.5 Å². The fourth-order valence-corrected chi connectivity index (χ4v) is 3.93. The zero-order valence-corrected chi connectivity index (χ0v) is 14.8. The van der Waals surface area contributed by atoms with Crippen molar-refractivity contribution >= 4 is 44.9 Å². The van der Waals surface area contributed by atoms with E-state index in [4.69, 9.17) is 4.74 Å². The summed E-state index contributed by atoms with van der Waals surface area (Å²) in [7, 11) is 1.64. The average Bonchev–Trinajstić information content (AvgIpc) is 3.21. The number of carbonyl (C=O) groups excluding carboxylic acids is 1. The van der Waals surface area contributed by atoms with Crippen molar-refractivity contribution in [1.82, 2.24) is 4.57 Å². The number of methoxy groups -OCH3 is 1. The number of rotatable bonds is 5. The molecule has 6 heteroatoms. The summed E-state index contributed by atoms with van der Waals surface area (Å²) in [4.78, 5) is 18.1. The Morgan fingerprint density at radius 2 is 2.29 bits per heavy atom. The molecule has 122 valence electrons. The van der Waals surface area contributed by atoms with E-state index in [1.54, 1.807) is 30.6 Å². The van der Waals surface area contributed by atoms with Crippen LogP contribution in [-0.4, -0.2) is 17.6 Å². The van der Waals surface area contributed by atoms with Gasteiger partial charge in [0.2, 0.25) is 0 Å². The number of fused-ring (bicyclic) bond motifs is 1. The van der Waals surface area contributed by atoms with E-state index >= 15 is 0 Å². The number of hydrogen-bond acceptors (Lipinski definition) is 4. The van der Waals surface area contributed by atoms with Gasteiger partial charge < -0.3 is 9.30 Å². The number of benzene rings is 1. The lowest BCUT2D eigenvalue weighted by atomic mass is 10.3. The Hall–Kier alpha value is -2.44. The predicted octanol–water partition coefficient (Wildman–Crippen LogP) is 4.10. The van der Waals surface area contributed by atoms with Gasteiger partial charge in [0.15, 0.2) is 4.80 Å². The van der Waals surface area contributed by atoms with Gasteiger partial charge in [0.05, 0.1) is 17.3 Å². The Balaban J connectivity index is 2.01. The minimum atomic E-state index is -0.278. The van der Waals surface area contributed by atoms with E-state index in [1.807, 2.05) is 40.3 Å². The molecule has 1 aromatic carbocycles. The third-order valence-corrected chi connectivity index (χ3v) is 5.22. The Labute approximate surface area is 147 Å². The van der Waals surface area contributed by atoms with Gasteiger partial charge in [-0.3, -0.25) is 4.79 Å². The average molecular weight is 356 g/mol. The quantitative estimate of drug-likeness (QED) is 0.510. The second-order valence-corrected chi connectivity index (χ2v) is 6.90. The number of hydrogen-bond donors (Lipinski definition) is 0. The van der Waals surface area contributed by atoms with E-state index in [-0.39, 0.29) is 5.91 Å². The molecule has 2 heterocycles. The first-order valence-electron chi connectivity index (χ1n) is 7.30. The van der Waals surface area contributed by atoms with E-state index in [0.717, 1.165) is 20.8 Å². The molecule has 0 unspecified atom stereocenters. The van der Waals surface area contributed by atoms with Crippen molar-refractivity contribution in [2.24, 2.45) is 4.99 Å². The van der Waals surface area contributed by atoms with Crippen molar-refractivity contribution < 1.29 is 9.53 Å². The summed E-state index contributed by atoms with van der Waals surface area (Å²) in [6, 6.07) is 9.72. The third-order valence-electron chi connectivity index (χ3n) is 3.34. The zero-order chi connectivity index (χ0) is 16.9. The molecule has 4 nitrogen and oxygen atoms in total. The molecule has 2 aromatic heterocycles. The van der Waals surface area contributed by atoms with E-state index in [1.165, 1.54) is 17.4 Å². The minimum absolute atomic E-state index is 0.278. The highest BCUT2D eigenvalue weighted by Crippen LogP contribution is 2.23. The number of thiophene rings is 1. The minimum Gasteiger partial charge on any atom is -0.497 e. The first-order chi connectivity index (χ1) is 11.7. The van der Waals surface area contributed by atoms with Crippen LogP contribution in [0.3, 0.4) is 0 Å². The number of amides is 1. The number of allylic oxidation sites excluding steroid dienone is 1. The Bertz CT molecular complexity index is 963. The van der Waals surface area contributed by atoms with Crippen LogP contribution in [-0.2, 0) is 11.3 Å². The highest BCUT2D eigenvalue weighted by atomic mass is 32.1. The van der Waals surface area contributed by atoms with Crippen LogP contribution >= 0.6 is 22.7 Å². The second-order valence-electron chi connectivity index (χ2n) is 4.92. The number of ether oxygens (including phenoxy) is 1. The van der Waals surface area contributed by atoms with Crippen molar-refractivity contribution in [2.75, 3.05) is 7.11 Å². The molecule has 0 radical (unpaired) electrons. The second kappa shape index (κ2) is 7.42. The normalized spacial score (nSPS) is 12.1. The number of nitrogens with zero attached hydrogens (tertiary/aromatic N) is 2. The van der Waals surface area contributed by atoms with Crippen molar-refractivity contribution in [1.29, 1.82) is 0 Å². The van der Waals surface area contributed by atoms with Gasteiger partial charge in [-0.05, 0) is 35.7 Å². The van der Waals surface area contributed by atoms with Crippen molar-refractivity contribution in [3.05, 3.63) is 64.1 Å². The maximum Gasteiger partial charge on any atom is 0.272 e. The first-order valence-corrected chi connectivity index (χ1v) is 8.99. The first kappa shape index (κ1) is 16.4. The number of carbonyl (C=O) groups is 1. The lowest BCUT2D eigenvalue weighted by Crippen LogP contribution is -2.15. The van der Waals surface area contributed by atoms with Gasteiger partial charge in [-0.25, -0.2) is 0 Å². The van der Waals surface area contributed by atoms with Crippen molar-refractivity contribution in [3.63, 3.8) is 0 Å². The van der Waals surface area contributed by atoms with E-state index < -0.39 is 0 Å². The molecule has 0 atom stereocenters. The molecular weight excluding hydrogens is 340 g/mol. The van der Waals surface area contributed by atoms with Gasteiger partial charge in [-0.15, -0.1) is 17.9 Å². The molecule has 0 saturated carbocycles. The molecule has 0 fully saturated rings. The molecule has 0 spiro atoms. The molecular formula is C18H16N2O2S2. The maximum atomic E-state index is 12.2. The summed E-state index contributed by atoms with van der Waals surface area (Å²) in [6.45, 7) is 4.38. The smallest absolute Gasteiger partial charge is 0.272 e. The Kier molecular flexibility index (Phi) is 5.08. The van der Waals surface area contributed by atoms with Gasteiger partial charge in [-0.2, -0.15) is 4.99 Å². The highest BCUT2D eigenvalue weighted by molar-refractivity contribution is 7.16. The van der Waals surface area contributed by atoms with Gasteiger partial charge in [-0.1, -0.05) is 23.5 Å². The van der Waals surface area contributed by atoms with Crippen LogP contribution < -0.4 is 9.54 Å². The number of thiazole rings is 1. The molecule has 0 aliphatic rings. The predicted molar refractivity (Wildman–Crippen MR) is 100 cm³/mol. The fourth-order valence-electron chi connectivity index (χ4n) is 2.24. The highest BCUT2D eigenvalue weighted by Gasteiger charge is 2.07. The van der Waals surface area contributed by atoms with Gasteiger partial charge in [0.25, 0.3) is 5.91 Å². The van der Waals surface area contributed by atoms with Crippen LogP contribution in [0.4, 0.5) is 0 Å². The van der Waals surface area contributed by atoms with Crippen molar-refractivity contribution in [2.45, 2.75) is 6.54 Å². The third kappa shape index (κ3) is 3.55. The largest absolute Gasteiger partial charge is 0.497 e. The monoisotopic (exact) mass is 356 g/mol. The van der Waals surface area contributed by atoms with E-state index in [9.17, 15) is 4.79 Å². The topological polar surface area (TPSA) is 43.6 Å². The molecule has 24 heavy (non-hydrogen) atoms. The SMILES string of the molecule is C=CCn1c(=NC(=O)C=Cc2cccs2)sc2cc(OC)ccc21.